The van der Waals surface area contributed by atoms with E-state index in [1.54, 1.807) is 23.4 Å². The van der Waals surface area contributed by atoms with Gasteiger partial charge in [0.05, 0.1) is 18.1 Å². The number of alkyl halides is 2. The zero-order valence-corrected chi connectivity index (χ0v) is 17.9. The van der Waals surface area contributed by atoms with Gasteiger partial charge in [-0.15, -0.1) is 0 Å². The third kappa shape index (κ3) is 4.28. The van der Waals surface area contributed by atoms with Crippen LogP contribution in [-0.2, 0) is 11.2 Å². The Kier molecular flexibility index (Phi) is 5.49. The smallest absolute Gasteiger partial charge is 0.251 e. The highest BCUT2D eigenvalue weighted by molar-refractivity contribution is 6.09. The van der Waals surface area contributed by atoms with E-state index in [0.717, 1.165) is 22.4 Å². The van der Waals surface area contributed by atoms with Gasteiger partial charge >= 0.3 is 0 Å². The molecule has 2 aromatic rings. The number of halogens is 2. The molecule has 0 saturated carbocycles. The van der Waals surface area contributed by atoms with Gasteiger partial charge in [0.25, 0.3) is 5.92 Å². The molecule has 1 aliphatic carbocycles. The number of carbonyl (C=O) groups is 1. The number of aliphatic hydroxyl groups is 1. The second-order valence-corrected chi connectivity index (χ2v) is 8.37. The van der Waals surface area contributed by atoms with Crippen LogP contribution in [0.4, 0.5) is 14.5 Å². The van der Waals surface area contributed by atoms with Gasteiger partial charge in [0.2, 0.25) is 5.91 Å². The van der Waals surface area contributed by atoms with Crippen LogP contribution in [0, 0.1) is 0 Å². The van der Waals surface area contributed by atoms with Gasteiger partial charge in [-0.1, -0.05) is 18.2 Å². The van der Waals surface area contributed by atoms with Gasteiger partial charge in [-0.05, 0) is 53.8 Å². The number of hydrazone groups is 1. The molecule has 0 saturated heterocycles. The first-order valence-corrected chi connectivity index (χ1v) is 10.9. The number of aliphatic hydroxyl groups excluding tert-OH is 1. The summed E-state index contributed by atoms with van der Waals surface area (Å²) in [6.45, 7) is 0.402. The average Bonchev–Trinajstić information content (AvgIpc) is 3.26. The molecular formula is C24H23F2N5O2. The fourth-order valence-corrected chi connectivity index (χ4v) is 4.47. The van der Waals surface area contributed by atoms with Crippen molar-refractivity contribution in [2.45, 2.75) is 37.8 Å². The van der Waals surface area contributed by atoms with Gasteiger partial charge in [0.1, 0.15) is 6.54 Å². The molecule has 5 rings (SSSR count). The Labute approximate surface area is 189 Å². The normalized spacial score (nSPS) is 21.5. The number of allylic oxidation sites excluding steroid dienone is 3. The Hall–Kier alpha value is -3.46. The van der Waals surface area contributed by atoms with Gasteiger partial charge in [0.15, 0.2) is 6.23 Å². The van der Waals surface area contributed by atoms with E-state index in [0.29, 0.717) is 24.3 Å². The fourth-order valence-electron chi connectivity index (χ4n) is 4.47. The standard InChI is InChI=1S/C24H23F2N5O2/c25-24(26)10-6-16(7-11-24)20-4-5-22(32)31(29-20)15-23(33)30-13-9-19-18(2-1-3-21(19)30)17-8-12-27-28-14-17/h1-6,8,12,14,22,32H,7,9-11,13,15H2. The second-order valence-electron chi connectivity index (χ2n) is 8.37. The molecule has 1 aromatic heterocycles. The molecule has 7 nitrogen and oxygen atoms in total. The molecule has 2 aliphatic heterocycles. The Morgan fingerprint density at radius 1 is 1.21 bits per heavy atom. The molecule has 3 heterocycles. The summed E-state index contributed by atoms with van der Waals surface area (Å²) in [6.07, 6.45) is 7.29. The van der Waals surface area contributed by atoms with Crippen molar-refractivity contribution in [2.75, 3.05) is 18.0 Å². The summed E-state index contributed by atoms with van der Waals surface area (Å²) in [7, 11) is 0. The minimum absolute atomic E-state index is 0.126. The van der Waals surface area contributed by atoms with E-state index >= 15 is 0 Å². The molecule has 0 bridgehead atoms. The van der Waals surface area contributed by atoms with Crippen LogP contribution < -0.4 is 4.90 Å². The molecule has 0 radical (unpaired) electrons. The molecule has 9 heteroatoms. The number of anilines is 1. The monoisotopic (exact) mass is 451 g/mol. The molecule has 33 heavy (non-hydrogen) atoms. The molecule has 1 aromatic carbocycles. The molecule has 0 fully saturated rings. The molecule has 1 amide bonds. The molecule has 170 valence electrons. The number of fused-ring (bicyclic) bond motifs is 1. The fraction of sp³-hybridized carbons (Fsp3) is 0.333. The maximum absolute atomic E-state index is 13.5. The first-order valence-electron chi connectivity index (χ1n) is 10.9. The number of amides is 1. The van der Waals surface area contributed by atoms with E-state index in [1.807, 2.05) is 24.3 Å². The summed E-state index contributed by atoms with van der Waals surface area (Å²) in [5, 5.41) is 23.8. The number of hydrogen-bond donors (Lipinski definition) is 1. The number of benzene rings is 1. The number of carbonyl (C=O) groups excluding carboxylic acids is 1. The van der Waals surface area contributed by atoms with Crippen molar-refractivity contribution in [1.29, 1.82) is 0 Å². The molecule has 1 atom stereocenters. The lowest BCUT2D eigenvalue weighted by molar-refractivity contribution is -0.121. The number of hydrogen-bond acceptors (Lipinski definition) is 6. The molecule has 0 spiro atoms. The first-order chi connectivity index (χ1) is 15.9. The van der Waals surface area contributed by atoms with Gasteiger partial charge in [0, 0.05) is 30.6 Å². The first kappa shape index (κ1) is 21.4. The van der Waals surface area contributed by atoms with Crippen LogP contribution in [0.3, 0.4) is 0 Å². The lowest BCUT2D eigenvalue weighted by Crippen LogP contribution is -2.43. The molecule has 1 unspecified atom stereocenters. The highest BCUT2D eigenvalue weighted by Crippen LogP contribution is 2.36. The molecule has 1 N–H and O–H groups in total. The quantitative estimate of drug-likeness (QED) is 0.771. The van der Waals surface area contributed by atoms with Crippen molar-refractivity contribution >= 4 is 17.3 Å². The van der Waals surface area contributed by atoms with E-state index in [-0.39, 0.29) is 31.7 Å². The van der Waals surface area contributed by atoms with Crippen molar-refractivity contribution < 1.29 is 18.7 Å². The Bertz CT molecular complexity index is 1160. The number of rotatable bonds is 4. The van der Waals surface area contributed by atoms with Crippen LogP contribution in [0.2, 0.25) is 0 Å². The maximum atomic E-state index is 13.5. The Morgan fingerprint density at radius 2 is 2.09 bits per heavy atom. The van der Waals surface area contributed by atoms with Gasteiger partial charge in [-0.2, -0.15) is 15.3 Å². The highest BCUT2D eigenvalue weighted by atomic mass is 19.3. The SMILES string of the molecule is O=C(CN1N=C(C2=CCC(F)(F)CC2)C=CC1O)N1CCc2c(-c3ccnnc3)cccc21. The Balaban J connectivity index is 1.34. The van der Waals surface area contributed by atoms with Crippen LogP contribution in [0.15, 0.2) is 65.6 Å². The topological polar surface area (TPSA) is 81.9 Å². The van der Waals surface area contributed by atoms with Gasteiger partial charge in [-0.3, -0.25) is 9.80 Å². The van der Waals surface area contributed by atoms with Crippen LogP contribution in [0.1, 0.15) is 24.8 Å². The van der Waals surface area contributed by atoms with Crippen molar-refractivity contribution in [2.24, 2.45) is 5.10 Å². The van der Waals surface area contributed by atoms with Crippen LogP contribution in [0.25, 0.3) is 11.1 Å². The summed E-state index contributed by atoms with van der Waals surface area (Å²) in [5.41, 5.74) is 5.07. The van der Waals surface area contributed by atoms with Crippen LogP contribution in [-0.4, -0.2) is 57.2 Å². The third-order valence-corrected chi connectivity index (χ3v) is 6.23. The van der Waals surface area contributed by atoms with Crippen LogP contribution in [0.5, 0.6) is 0 Å². The van der Waals surface area contributed by atoms with E-state index in [1.165, 1.54) is 17.2 Å². The van der Waals surface area contributed by atoms with Crippen molar-refractivity contribution in [1.82, 2.24) is 15.2 Å². The maximum Gasteiger partial charge on any atom is 0.251 e. The molecular weight excluding hydrogens is 428 g/mol. The van der Waals surface area contributed by atoms with Crippen molar-refractivity contribution in [3.8, 4) is 11.1 Å². The lowest BCUT2D eigenvalue weighted by Gasteiger charge is -2.30. The summed E-state index contributed by atoms with van der Waals surface area (Å²) < 4.78 is 27.0. The van der Waals surface area contributed by atoms with Gasteiger partial charge < -0.3 is 10.0 Å². The minimum Gasteiger partial charge on any atom is -0.369 e. The van der Waals surface area contributed by atoms with E-state index in [2.05, 4.69) is 15.3 Å². The predicted octanol–water partition coefficient (Wildman–Crippen LogP) is 3.32. The summed E-state index contributed by atoms with van der Waals surface area (Å²) in [6, 6.07) is 7.70. The lowest BCUT2D eigenvalue weighted by atomic mass is 9.93. The van der Waals surface area contributed by atoms with E-state index in [4.69, 9.17) is 0 Å². The van der Waals surface area contributed by atoms with Gasteiger partial charge in [-0.25, -0.2) is 8.78 Å². The van der Waals surface area contributed by atoms with E-state index in [9.17, 15) is 18.7 Å². The van der Waals surface area contributed by atoms with Crippen molar-refractivity contribution in [3.63, 3.8) is 0 Å². The number of aromatic nitrogens is 2. The highest BCUT2D eigenvalue weighted by Gasteiger charge is 2.33. The second kappa shape index (κ2) is 8.47. The zero-order valence-electron chi connectivity index (χ0n) is 17.9. The van der Waals surface area contributed by atoms with E-state index < -0.39 is 12.2 Å². The largest absolute Gasteiger partial charge is 0.369 e. The van der Waals surface area contributed by atoms with Crippen LogP contribution >= 0.6 is 0 Å². The summed E-state index contributed by atoms with van der Waals surface area (Å²) >= 11 is 0. The average molecular weight is 451 g/mol. The zero-order chi connectivity index (χ0) is 23.0. The third-order valence-electron chi connectivity index (χ3n) is 6.23. The Morgan fingerprint density at radius 3 is 2.85 bits per heavy atom. The summed E-state index contributed by atoms with van der Waals surface area (Å²) in [5.74, 6) is -2.88. The molecule has 3 aliphatic rings. The van der Waals surface area contributed by atoms with Crippen molar-refractivity contribution in [3.05, 3.63) is 66.0 Å². The number of nitrogens with zero attached hydrogens (tertiary/aromatic N) is 5. The summed E-state index contributed by atoms with van der Waals surface area (Å²) in [4.78, 5) is 14.9. The minimum atomic E-state index is -2.69. The predicted molar refractivity (Wildman–Crippen MR) is 120 cm³/mol.